The highest BCUT2D eigenvalue weighted by molar-refractivity contribution is 7.99. The number of allylic oxidation sites excluding steroid dienone is 1. The average Bonchev–Trinajstić information content (AvgIpc) is 3.10. The Morgan fingerprint density at radius 1 is 1.09 bits per heavy atom. The maximum atomic E-state index is 12.8. The van der Waals surface area contributed by atoms with Gasteiger partial charge in [0.15, 0.2) is 15.0 Å². The predicted molar refractivity (Wildman–Crippen MR) is 128 cm³/mol. The Hall–Kier alpha value is -2.91. The second kappa shape index (κ2) is 10.1. The van der Waals surface area contributed by atoms with Crippen molar-refractivity contribution in [3.63, 3.8) is 0 Å². The standard InChI is InChI=1S/C23H26N4O3S2/c1-5-12-27-21(15-32(29,30)19-9-6-16(2)7-10-19)25-26-23(27)31-14-22(28)24-20-11-8-17(3)13-18(20)4/h5-11,13H,1,12,14-15H2,2-4H3,(H,24,28). The normalized spacial score (nSPS) is 11.3. The number of rotatable bonds is 9. The van der Waals surface area contributed by atoms with Gasteiger partial charge in [-0.05, 0) is 44.5 Å². The molecular formula is C23H26N4O3S2. The largest absolute Gasteiger partial charge is 0.325 e. The Balaban J connectivity index is 1.72. The van der Waals surface area contributed by atoms with Gasteiger partial charge in [0.25, 0.3) is 0 Å². The van der Waals surface area contributed by atoms with Gasteiger partial charge in [-0.1, -0.05) is 53.2 Å². The third-order valence-corrected chi connectivity index (χ3v) is 7.39. The monoisotopic (exact) mass is 470 g/mol. The first-order chi connectivity index (χ1) is 15.2. The van der Waals surface area contributed by atoms with Crippen LogP contribution in [0.5, 0.6) is 0 Å². The highest BCUT2D eigenvalue weighted by Gasteiger charge is 2.21. The molecule has 7 nitrogen and oxygen atoms in total. The van der Waals surface area contributed by atoms with Crippen molar-refractivity contribution in [2.75, 3.05) is 11.1 Å². The number of anilines is 1. The lowest BCUT2D eigenvalue weighted by molar-refractivity contribution is -0.113. The summed E-state index contributed by atoms with van der Waals surface area (Å²) in [4.78, 5) is 12.7. The van der Waals surface area contributed by atoms with Crippen LogP contribution in [0.25, 0.3) is 0 Å². The van der Waals surface area contributed by atoms with Gasteiger partial charge < -0.3 is 9.88 Å². The van der Waals surface area contributed by atoms with Crippen molar-refractivity contribution in [3.8, 4) is 0 Å². The van der Waals surface area contributed by atoms with E-state index in [2.05, 4.69) is 22.1 Å². The smallest absolute Gasteiger partial charge is 0.234 e. The minimum atomic E-state index is -3.58. The Bertz CT molecular complexity index is 1230. The lowest BCUT2D eigenvalue weighted by Crippen LogP contribution is -2.16. The average molecular weight is 471 g/mol. The molecule has 1 heterocycles. The first-order valence-corrected chi connectivity index (χ1v) is 12.7. The molecule has 0 radical (unpaired) electrons. The van der Waals surface area contributed by atoms with E-state index in [4.69, 9.17) is 0 Å². The highest BCUT2D eigenvalue weighted by Crippen LogP contribution is 2.22. The molecule has 2 aromatic carbocycles. The Labute approximate surface area is 192 Å². The third kappa shape index (κ3) is 5.86. The summed E-state index contributed by atoms with van der Waals surface area (Å²) in [6, 6.07) is 12.5. The van der Waals surface area contributed by atoms with Crippen LogP contribution in [0.1, 0.15) is 22.5 Å². The molecule has 1 amide bonds. The summed E-state index contributed by atoms with van der Waals surface area (Å²) in [5, 5.41) is 11.6. The van der Waals surface area contributed by atoms with E-state index in [0.717, 1.165) is 22.4 Å². The number of nitrogens with zero attached hydrogens (tertiary/aromatic N) is 3. The van der Waals surface area contributed by atoms with E-state index in [1.165, 1.54) is 11.8 Å². The number of hydrogen-bond donors (Lipinski definition) is 1. The summed E-state index contributed by atoms with van der Waals surface area (Å²) in [7, 11) is -3.58. The first-order valence-electron chi connectivity index (χ1n) is 10.0. The van der Waals surface area contributed by atoms with Crippen LogP contribution in [0, 0.1) is 20.8 Å². The summed E-state index contributed by atoms with van der Waals surface area (Å²) in [6.07, 6.45) is 1.64. The Kier molecular flexibility index (Phi) is 7.52. The van der Waals surface area contributed by atoms with Gasteiger partial charge in [0, 0.05) is 12.2 Å². The predicted octanol–water partition coefficient (Wildman–Crippen LogP) is 4.09. The van der Waals surface area contributed by atoms with Crippen LogP contribution in [0.15, 0.2) is 65.2 Å². The lowest BCUT2D eigenvalue weighted by atomic mass is 10.1. The highest BCUT2D eigenvalue weighted by atomic mass is 32.2. The molecule has 3 rings (SSSR count). The Morgan fingerprint density at radius 3 is 2.44 bits per heavy atom. The molecule has 1 aromatic heterocycles. The number of sulfone groups is 1. The fourth-order valence-corrected chi connectivity index (χ4v) is 5.15. The second-order valence-electron chi connectivity index (χ2n) is 7.53. The van der Waals surface area contributed by atoms with E-state index in [1.54, 1.807) is 34.9 Å². The van der Waals surface area contributed by atoms with Crippen LogP contribution in [0.4, 0.5) is 5.69 Å². The molecule has 0 bridgehead atoms. The minimum absolute atomic E-state index is 0.118. The van der Waals surface area contributed by atoms with E-state index in [-0.39, 0.29) is 22.3 Å². The summed E-state index contributed by atoms with van der Waals surface area (Å²) < 4.78 is 27.3. The Morgan fingerprint density at radius 2 is 1.78 bits per heavy atom. The van der Waals surface area contributed by atoms with Crippen molar-refractivity contribution in [2.24, 2.45) is 0 Å². The van der Waals surface area contributed by atoms with Crippen LogP contribution in [0.2, 0.25) is 0 Å². The topological polar surface area (TPSA) is 93.9 Å². The van der Waals surface area contributed by atoms with Crippen molar-refractivity contribution in [1.82, 2.24) is 14.8 Å². The maximum absolute atomic E-state index is 12.8. The quantitative estimate of drug-likeness (QED) is 0.374. The van der Waals surface area contributed by atoms with Gasteiger partial charge in [-0.25, -0.2) is 8.42 Å². The molecule has 0 aliphatic heterocycles. The summed E-state index contributed by atoms with van der Waals surface area (Å²) in [6.45, 7) is 9.91. The molecule has 0 fully saturated rings. The fourth-order valence-electron chi connectivity index (χ4n) is 3.11. The van der Waals surface area contributed by atoms with E-state index in [1.807, 2.05) is 39.0 Å². The second-order valence-corrected chi connectivity index (χ2v) is 10.5. The molecule has 0 unspecified atom stereocenters. The summed E-state index contributed by atoms with van der Waals surface area (Å²) in [5.41, 5.74) is 3.86. The van der Waals surface area contributed by atoms with Crippen LogP contribution in [0.3, 0.4) is 0 Å². The zero-order valence-corrected chi connectivity index (χ0v) is 20.0. The van der Waals surface area contributed by atoms with Crippen molar-refractivity contribution in [1.29, 1.82) is 0 Å². The molecule has 3 aromatic rings. The van der Waals surface area contributed by atoms with E-state index in [9.17, 15) is 13.2 Å². The van der Waals surface area contributed by atoms with Gasteiger partial charge in [0.1, 0.15) is 11.6 Å². The molecule has 9 heteroatoms. The number of amides is 1. The van der Waals surface area contributed by atoms with E-state index >= 15 is 0 Å². The first kappa shape index (κ1) is 23.7. The fraction of sp³-hybridized carbons (Fsp3) is 0.261. The zero-order chi connectivity index (χ0) is 23.3. The number of aromatic nitrogens is 3. The third-order valence-electron chi connectivity index (χ3n) is 4.79. The molecule has 0 atom stereocenters. The van der Waals surface area contributed by atoms with Crippen molar-refractivity contribution in [2.45, 2.75) is 43.1 Å². The van der Waals surface area contributed by atoms with Gasteiger partial charge >= 0.3 is 0 Å². The van der Waals surface area contributed by atoms with Gasteiger partial charge in [-0.15, -0.1) is 16.8 Å². The summed E-state index contributed by atoms with van der Waals surface area (Å²) in [5.74, 6) is -0.0359. The molecule has 0 aliphatic rings. The summed E-state index contributed by atoms with van der Waals surface area (Å²) >= 11 is 1.20. The number of benzene rings is 2. The van der Waals surface area contributed by atoms with Crippen molar-refractivity contribution >= 4 is 33.2 Å². The lowest BCUT2D eigenvalue weighted by Gasteiger charge is -2.10. The molecule has 0 saturated heterocycles. The number of thioether (sulfide) groups is 1. The molecule has 0 spiro atoms. The van der Waals surface area contributed by atoms with Gasteiger partial charge in [0.2, 0.25) is 5.91 Å². The van der Waals surface area contributed by atoms with Crippen LogP contribution in [-0.2, 0) is 26.9 Å². The molecule has 168 valence electrons. The molecule has 1 N–H and O–H groups in total. The molecule has 0 aliphatic carbocycles. The van der Waals surface area contributed by atoms with E-state index in [0.29, 0.717) is 17.5 Å². The van der Waals surface area contributed by atoms with E-state index < -0.39 is 9.84 Å². The molecule has 0 saturated carbocycles. The SMILES string of the molecule is C=CCn1c(CS(=O)(=O)c2ccc(C)cc2)nnc1SCC(=O)Nc1ccc(C)cc1C. The maximum Gasteiger partial charge on any atom is 0.234 e. The molecular weight excluding hydrogens is 444 g/mol. The van der Waals surface area contributed by atoms with Crippen molar-refractivity contribution in [3.05, 3.63) is 77.6 Å². The molecule has 32 heavy (non-hydrogen) atoms. The van der Waals surface area contributed by atoms with Crippen LogP contribution in [-0.4, -0.2) is 34.8 Å². The number of aryl methyl sites for hydroxylation is 3. The number of carbonyl (C=O) groups excluding carboxylic acids is 1. The van der Waals surface area contributed by atoms with Gasteiger partial charge in [-0.2, -0.15) is 0 Å². The van der Waals surface area contributed by atoms with Crippen molar-refractivity contribution < 1.29 is 13.2 Å². The van der Waals surface area contributed by atoms with Crippen LogP contribution < -0.4 is 5.32 Å². The minimum Gasteiger partial charge on any atom is -0.325 e. The zero-order valence-electron chi connectivity index (χ0n) is 18.3. The van der Waals surface area contributed by atoms with Crippen LogP contribution >= 0.6 is 11.8 Å². The van der Waals surface area contributed by atoms with Gasteiger partial charge in [-0.3, -0.25) is 4.79 Å². The number of hydrogen-bond acceptors (Lipinski definition) is 6. The number of nitrogens with one attached hydrogen (secondary N) is 1. The number of carbonyl (C=O) groups is 1. The van der Waals surface area contributed by atoms with Gasteiger partial charge in [0.05, 0.1) is 10.6 Å².